The molecule has 3 aromatic rings. The number of aryl methyl sites for hydroxylation is 1. The third kappa shape index (κ3) is 2.56. The normalized spacial score (nSPS) is 12.7. The number of hydrogen-bond donors (Lipinski definition) is 2. The van der Waals surface area contributed by atoms with E-state index in [1.165, 1.54) is 0 Å². The first-order chi connectivity index (χ1) is 10.6. The largest absolute Gasteiger partial charge is 0.387 e. The summed E-state index contributed by atoms with van der Waals surface area (Å²) < 4.78 is 3.78. The van der Waals surface area contributed by atoms with Crippen LogP contribution in [0.3, 0.4) is 0 Å². The molecule has 5 heteroatoms. The van der Waals surface area contributed by atoms with E-state index in [0.717, 1.165) is 23.1 Å². The fraction of sp³-hybridized carbons (Fsp3) is 0.235. The van der Waals surface area contributed by atoms with E-state index in [4.69, 9.17) is 17.0 Å². The SMILES string of the molecule is CCn1c(=N)n(C[C@@H](O)c2ccc(Cl)cc2)c2ccccc21. The summed E-state index contributed by atoms with van der Waals surface area (Å²) in [5.41, 5.74) is 3.17. The van der Waals surface area contributed by atoms with Crippen LogP contribution in [0.1, 0.15) is 18.6 Å². The maximum atomic E-state index is 10.5. The third-order valence-corrected chi connectivity index (χ3v) is 4.15. The maximum absolute atomic E-state index is 10.5. The molecule has 0 saturated heterocycles. The van der Waals surface area contributed by atoms with Crippen molar-refractivity contribution in [2.75, 3.05) is 0 Å². The van der Waals surface area contributed by atoms with E-state index in [-0.39, 0.29) is 0 Å². The zero-order chi connectivity index (χ0) is 15.7. The molecule has 2 N–H and O–H groups in total. The first-order valence-corrected chi connectivity index (χ1v) is 7.65. The van der Waals surface area contributed by atoms with Gasteiger partial charge in [-0.25, -0.2) is 0 Å². The standard InChI is InChI=1S/C17H18ClN3O/c1-2-20-14-5-3-4-6-15(14)21(17(20)19)11-16(22)12-7-9-13(18)10-8-12/h3-10,16,19,22H,2,11H2,1H3/t16-/m1/s1. The van der Waals surface area contributed by atoms with Gasteiger partial charge in [0, 0.05) is 11.6 Å². The number of aromatic nitrogens is 2. The number of para-hydroxylation sites is 2. The van der Waals surface area contributed by atoms with Gasteiger partial charge in [-0.15, -0.1) is 0 Å². The van der Waals surface area contributed by atoms with Crippen LogP contribution in [0.5, 0.6) is 0 Å². The van der Waals surface area contributed by atoms with Crippen LogP contribution in [0.25, 0.3) is 11.0 Å². The molecule has 0 saturated carbocycles. The van der Waals surface area contributed by atoms with Crippen LogP contribution in [-0.4, -0.2) is 14.2 Å². The summed E-state index contributed by atoms with van der Waals surface area (Å²) in [6.45, 7) is 3.09. The summed E-state index contributed by atoms with van der Waals surface area (Å²) in [5, 5.41) is 19.5. The molecule has 1 aromatic heterocycles. The molecule has 0 aliphatic carbocycles. The lowest BCUT2D eigenvalue weighted by Crippen LogP contribution is -2.26. The van der Waals surface area contributed by atoms with Crippen molar-refractivity contribution in [3.8, 4) is 0 Å². The number of halogens is 1. The molecule has 0 unspecified atom stereocenters. The van der Waals surface area contributed by atoms with Gasteiger partial charge >= 0.3 is 0 Å². The number of benzene rings is 2. The summed E-state index contributed by atoms with van der Waals surface area (Å²) in [5.74, 6) is 0. The predicted octanol–water partition coefficient (Wildman–Crippen LogP) is 3.33. The molecule has 0 fully saturated rings. The van der Waals surface area contributed by atoms with Crippen LogP contribution in [0.15, 0.2) is 48.5 Å². The molecular weight excluding hydrogens is 298 g/mol. The Balaban J connectivity index is 2.02. The monoisotopic (exact) mass is 315 g/mol. The van der Waals surface area contributed by atoms with Gasteiger partial charge in [0.05, 0.1) is 23.7 Å². The highest BCUT2D eigenvalue weighted by molar-refractivity contribution is 6.30. The lowest BCUT2D eigenvalue weighted by molar-refractivity contribution is 0.155. The predicted molar refractivity (Wildman–Crippen MR) is 87.9 cm³/mol. The molecule has 114 valence electrons. The Kier molecular flexibility index (Phi) is 4.05. The van der Waals surface area contributed by atoms with Crippen molar-refractivity contribution in [3.05, 3.63) is 64.7 Å². The quantitative estimate of drug-likeness (QED) is 0.762. The molecule has 0 radical (unpaired) electrons. The molecule has 0 spiro atoms. The van der Waals surface area contributed by atoms with Crippen molar-refractivity contribution in [1.82, 2.24) is 9.13 Å². The molecule has 1 heterocycles. The number of aliphatic hydroxyl groups excluding tert-OH is 1. The van der Waals surface area contributed by atoms with Gasteiger partial charge in [0.25, 0.3) is 0 Å². The first-order valence-electron chi connectivity index (χ1n) is 7.28. The van der Waals surface area contributed by atoms with Crippen molar-refractivity contribution in [1.29, 1.82) is 5.41 Å². The number of fused-ring (bicyclic) bond motifs is 1. The van der Waals surface area contributed by atoms with Gasteiger partial charge in [-0.3, -0.25) is 5.41 Å². The fourth-order valence-corrected chi connectivity index (χ4v) is 2.89. The highest BCUT2D eigenvalue weighted by atomic mass is 35.5. The number of hydrogen-bond acceptors (Lipinski definition) is 2. The van der Waals surface area contributed by atoms with Crippen molar-refractivity contribution in [3.63, 3.8) is 0 Å². The Hall–Kier alpha value is -2.04. The van der Waals surface area contributed by atoms with Gasteiger partial charge < -0.3 is 14.2 Å². The highest BCUT2D eigenvalue weighted by Gasteiger charge is 2.14. The highest BCUT2D eigenvalue weighted by Crippen LogP contribution is 2.20. The Labute approximate surface area is 133 Å². The average Bonchev–Trinajstić information content (AvgIpc) is 2.80. The second-order valence-electron chi connectivity index (χ2n) is 5.23. The molecule has 0 aliphatic rings. The van der Waals surface area contributed by atoms with Crippen molar-refractivity contribution in [2.45, 2.75) is 26.1 Å². The minimum Gasteiger partial charge on any atom is -0.387 e. The Morgan fingerprint density at radius 2 is 1.64 bits per heavy atom. The Morgan fingerprint density at radius 1 is 1.05 bits per heavy atom. The van der Waals surface area contributed by atoms with Crippen LogP contribution in [-0.2, 0) is 13.1 Å². The Morgan fingerprint density at radius 3 is 2.23 bits per heavy atom. The van der Waals surface area contributed by atoms with Crippen molar-refractivity contribution >= 4 is 22.6 Å². The zero-order valence-electron chi connectivity index (χ0n) is 12.3. The molecule has 0 aliphatic heterocycles. The van der Waals surface area contributed by atoms with E-state index in [9.17, 15) is 5.11 Å². The van der Waals surface area contributed by atoms with E-state index in [1.807, 2.05) is 52.5 Å². The number of rotatable bonds is 4. The van der Waals surface area contributed by atoms with Gasteiger partial charge in [-0.05, 0) is 36.8 Å². The average molecular weight is 316 g/mol. The van der Waals surface area contributed by atoms with Gasteiger partial charge in [0.2, 0.25) is 5.62 Å². The van der Waals surface area contributed by atoms with E-state index in [1.54, 1.807) is 12.1 Å². The lowest BCUT2D eigenvalue weighted by Gasteiger charge is -2.13. The summed E-state index contributed by atoms with van der Waals surface area (Å²) in [6.07, 6.45) is -0.678. The molecule has 1 atom stereocenters. The molecule has 0 amide bonds. The number of imidazole rings is 1. The second kappa shape index (κ2) is 5.99. The molecule has 2 aromatic carbocycles. The van der Waals surface area contributed by atoms with Crippen LogP contribution < -0.4 is 5.62 Å². The fourth-order valence-electron chi connectivity index (χ4n) is 2.76. The van der Waals surface area contributed by atoms with E-state index in [0.29, 0.717) is 17.2 Å². The van der Waals surface area contributed by atoms with Gasteiger partial charge in [-0.2, -0.15) is 0 Å². The minimum atomic E-state index is -0.678. The van der Waals surface area contributed by atoms with Gasteiger partial charge in [0.15, 0.2) is 0 Å². The molecule has 22 heavy (non-hydrogen) atoms. The Bertz CT molecular complexity index is 848. The molecular formula is C17H18ClN3O. The third-order valence-electron chi connectivity index (χ3n) is 3.90. The number of nitrogens with zero attached hydrogens (tertiary/aromatic N) is 2. The van der Waals surface area contributed by atoms with Crippen LogP contribution in [0, 0.1) is 5.41 Å². The van der Waals surface area contributed by atoms with E-state index >= 15 is 0 Å². The summed E-state index contributed by atoms with van der Waals surface area (Å²) in [7, 11) is 0. The number of nitrogens with one attached hydrogen (secondary N) is 1. The summed E-state index contributed by atoms with van der Waals surface area (Å²) in [4.78, 5) is 0. The van der Waals surface area contributed by atoms with E-state index < -0.39 is 6.10 Å². The van der Waals surface area contributed by atoms with E-state index in [2.05, 4.69) is 0 Å². The topological polar surface area (TPSA) is 53.9 Å². The molecule has 4 nitrogen and oxygen atoms in total. The van der Waals surface area contributed by atoms with Crippen LogP contribution in [0.4, 0.5) is 0 Å². The summed E-state index contributed by atoms with van der Waals surface area (Å²) in [6, 6.07) is 15.1. The minimum absolute atomic E-state index is 0.341. The van der Waals surface area contributed by atoms with Crippen LogP contribution >= 0.6 is 11.6 Å². The first kappa shape index (κ1) is 14.9. The van der Waals surface area contributed by atoms with Gasteiger partial charge in [-0.1, -0.05) is 35.9 Å². The number of aliphatic hydroxyl groups is 1. The van der Waals surface area contributed by atoms with Crippen LogP contribution in [0.2, 0.25) is 5.02 Å². The van der Waals surface area contributed by atoms with Gasteiger partial charge in [0.1, 0.15) is 0 Å². The smallest absolute Gasteiger partial charge is 0.203 e. The molecule has 3 rings (SSSR count). The molecule has 0 bridgehead atoms. The lowest BCUT2D eigenvalue weighted by atomic mass is 10.1. The van der Waals surface area contributed by atoms with Crippen molar-refractivity contribution < 1.29 is 5.11 Å². The zero-order valence-corrected chi connectivity index (χ0v) is 13.1. The van der Waals surface area contributed by atoms with Crippen molar-refractivity contribution in [2.24, 2.45) is 0 Å². The second-order valence-corrected chi connectivity index (χ2v) is 5.67. The summed E-state index contributed by atoms with van der Waals surface area (Å²) >= 11 is 5.88. The maximum Gasteiger partial charge on any atom is 0.203 e.